The first kappa shape index (κ1) is 25.2. The average Bonchev–Trinajstić information content (AvgIpc) is 3.14. The summed E-state index contributed by atoms with van der Waals surface area (Å²) in [6.45, 7) is -0.222. The van der Waals surface area contributed by atoms with Crippen molar-refractivity contribution in [2.45, 2.75) is 18.0 Å². The Hall–Kier alpha value is -3.91. The van der Waals surface area contributed by atoms with Gasteiger partial charge in [0.25, 0.3) is 5.91 Å². The summed E-state index contributed by atoms with van der Waals surface area (Å²) in [6.07, 6.45) is -3.20. The molecular formula is C22H17F3N6O3S2. The first-order chi connectivity index (χ1) is 17.0. The zero-order valence-corrected chi connectivity index (χ0v) is 20.1. The monoisotopic (exact) mass is 534 g/mol. The molecule has 36 heavy (non-hydrogen) atoms. The molecule has 0 bridgehead atoms. The number of nitrogens with zero attached hydrogens (tertiary/aromatic N) is 2. The van der Waals surface area contributed by atoms with Crippen molar-refractivity contribution in [2.24, 2.45) is 0 Å². The third-order valence-corrected chi connectivity index (χ3v) is 5.25. The second-order valence-electron chi connectivity index (χ2n) is 7.49. The Morgan fingerprint density at radius 1 is 1.17 bits per heavy atom. The fourth-order valence-corrected chi connectivity index (χ4v) is 3.83. The molecule has 0 unspecified atom stereocenters. The van der Waals surface area contributed by atoms with Gasteiger partial charge in [-0.05, 0) is 12.1 Å². The number of ether oxygens (including phenoxy) is 1. The van der Waals surface area contributed by atoms with E-state index in [1.54, 1.807) is 24.3 Å². The molecule has 3 aromatic heterocycles. The number of nitrogens with one attached hydrogen (secondary N) is 4. The molecule has 0 aliphatic carbocycles. The van der Waals surface area contributed by atoms with Crippen LogP contribution >= 0.6 is 24.8 Å². The molecule has 0 radical (unpaired) electrons. The van der Waals surface area contributed by atoms with Crippen LogP contribution in [0.4, 0.5) is 24.9 Å². The number of hydrogen-bond donors (Lipinski definition) is 5. The zero-order chi connectivity index (χ0) is 26.0. The first-order valence-corrected chi connectivity index (χ1v) is 11.1. The van der Waals surface area contributed by atoms with Crippen LogP contribution in [0.1, 0.15) is 17.4 Å². The van der Waals surface area contributed by atoms with Gasteiger partial charge in [0.1, 0.15) is 16.2 Å². The van der Waals surface area contributed by atoms with Crippen molar-refractivity contribution in [3.63, 3.8) is 0 Å². The molecule has 14 heteroatoms. The molecule has 0 atom stereocenters. The largest absolute Gasteiger partial charge is 0.467 e. The third-order valence-electron chi connectivity index (χ3n) is 4.72. The number of thiol groups is 1. The molecule has 1 aromatic carbocycles. The van der Waals surface area contributed by atoms with Crippen LogP contribution in [0.25, 0.3) is 22.0 Å². The zero-order valence-electron chi connectivity index (χ0n) is 18.4. The van der Waals surface area contributed by atoms with E-state index in [0.29, 0.717) is 22.0 Å². The van der Waals surface area contributed by atoms with Crippen LogP contribution in [0.3, 0.4) is 0 Å². The lowest BCUT2D eigenvalue weighted by molar-refractivity contribution is -0.154. The van der Waals surface area contributed by atoms with Gasteiger partial charge in [-0.2, -0.15) is 13.2 Å². The maximum atomic E-state index is 13.1. The third kappa shape index (κ3) is 5.83. The number of amides is 2. The van der Waals surface area contributed by atoms with Crippen LogP contribution in [0.15, 0.2) is 47.5 Å². The Balaban J connectivity index is 1.71. The summed E-state index contributed by atoms with van der Waals surface area (Å²) in [5.41, 5.74) is 1.71. The number of rotatable bonds is 6. The maximum absolute atomic E-state index is 13.1. The van der Waals surface area contributed by atoms with Crippen molar-refractivity contribution in [1.29, 1.82) is 0 Å². The molecular weight excluding hydrogens is 517 g/mol. The number of pyridine rings is 1. The Kier molecular flexibility index (Phi) is 6.99. The summed E-state index contributed by atoms with van der Waals surface area (Å²) in [5, 5.41) is 5.91. The topological polar surface area (TPSA) is 125 Å². The highest BCUT2D eigenvalue weighted by Crippen LogP contribution is 2.38. The molecule has 2 amide bonds. The highest BCUT2D eigenvalue weighted by Gasteiger charge is 2.29. The molecule has 0 spiro atoms. The van der Waals surface area contributed by atoms with Gasteiger partial charge in [0, 0.05) is 41.2 Å². The molecule has 4 aromatic rings. The van der Waals surface area contributed by atoms with Crippen molar-refractivity contribution in [1.82, 2.24) is 19.9 Å². The number of fused-ring (bicyclic) bond motifs is 1. The van der Waals surface area contributed by atoms with Gasteiger partial charge in [0.2, 0.25) is 17.7 Å². The van der Waals surface area contributed by atoms with Crippen LogP contribution in [-0.2, 0) is 4.79 Å². The predicted octanol–water partition coefficient (Wildman–Crippen LogP) is 5.12. The minimum Gasteiger partial charge on any atom is -0.467 e. The molecule has 9 nitrogen and oxygen atoms in total. The lowest BCUT2D eigenvalue weighted by Crippen LogP contribution is -2.19. The molecule has 0 fully saturated rings. The number of anilines is 2. The number of carbonyl (C=O) groups is 2. The van der Waals surface area contributed by atoms with E-state index in [0.717, 1.165) is 0 Å². The van der Waals surface area contributed by atoms with E-state index >= 15 is 0 Å². The Morgan fingerprint density at radius 2 is 1.92 bits per heavy atom. The number of para-hydroxylation sites is 1. The number of halogens is 3. The number of carbonyl (C=O) groups excluding carboxylic acids is 2. The van der Waals surface area contributed by atoms with Gasteiger partial charge in [0.05, 0.1) is 4.90 Å². The summed E-state index contributed by atoms with van der Waals surface area (Å²) >= 11 is 9.30. The number of alkyl halides is 3. The highest BCUT2D eigenvalue weighted by molar-refractivity contribution is 7.80. The Labute approximate surface area is 211 Å². The van der Waals surface area contributed by atoms with Crippen LogP contribution in [-0.4, -0.2) is 44.5 Å². The normalized spacial score (nSPS) is 11.4. The van der Waals surface area contributed by atoms with E-state index in [1.165, 1.54) is 25.3 Å². The average molecular weight is 535 g/mol. The molecule has 4 N–H and O–H groups in total. The van der Waals surface area contributed by atoms with Gasteiger partial charge in [-0.15, -0.1) is 12.6 Å². The van der Waals surface area contributed by atoms with Crippen molar-refractivity contribution in [2.75, 3.05) is 17.2 Å². The Morgan fingerprint density at radius 3 is 2.61 bits per heavy atom. The quantitative estimate of drug-likeness (QED) is 0.173. The van der Waals surface area contributed by atoms with Gasteiger partial charge in [-0.1, -0.05) is 30.4 Å². The molecule has 4 rings (SSSR count). The number of hydrogen-bond acceptors (Lipinski definition) is 7. The predicted molar refractivity (Wildman–Crippen MR) is 132 cm³/mol. The number of aromatic nitrogens is 4. The van der Waals surface area contributed by atoms with Crippen molar-refractivity contribution in [3.8, 4) is 17.0 Å². The van der Waals surface area contributed by atoms with Gasteiger partial charge in [-0.3, -0.25) is 14.9 Å². The van der Waals surface area contributed by atoms with Crippen molar-refractivity contribution >= 4 is 59.3 Å². The molecule has 0 aliphatic rings. The van der Waals surface area contributed by atoms with Crippen molar-refractivity contribution < 1.29 is 27.5 Å². The Bertz CT molecular complexity index is 1530. The van der Waals surface area contributed by atoms with E-state index in [1.807, 2.05) is 0 Å². The lowest BCUT2D eigenvalue weighted by atomic mass is 10.1. The van der Waals surface area contributed by atoms with Crippen LogP contribution in [0, 0.1) is 4.64 Å². The van der Waals surface area contributed by atoms with Crippen molar-refractivity contribution in [3.05, 3.63) is 52.9 Å². The van der Waals surface area contributed by atoms with Crippen LogP contribution < -0.4 is 15.4 Å². The first-order valence-electron chi connectivity index (χ1n) is 10.2. The summed E-state index contributed by atoms with van der Waals surface area (Å²) in [5.74, 6) is -0.972. The fourth-order valence-electron chi connectivity index (χ4n) is 3.36. The van der Waals surface area contributed by atoms with Gasteiger partial charge < -0.3 is 20.0 Å². The fraction of sp³-hybridized carbons (Fsp3) is 0.136. The van der Waals surface area contributed by atoms with Gasteiger partial charge in [-0.25, -0.2) is 9.97 Å². The SMILES string of the molecule is CC(=O)Nc1nc(=S)cc(C(=O)Nc2[nH]c3ccccc3c2-c2cnc(OCC(F)(F)F)c(S)c2)[nH]1. The highest BCUT2D eigenvalue weighted by atomic mass is 32.1. The lowest BCUT2D eigenvalue weighted by Gasteiger charge is -2.12. The van der Waals surface area contributed by atoms with Gasteiger partial charge in [0.15, 0.2) is 6.61 Å². The minimum atomic E-state index is -4.52. The van der Waals surface area contributed by atoms with Crippen LogP contribution in [0.2, 0.25) is 0 Å². The summed E-state index contributed by atoms with van der Waals surface area (Å²) in [4.78, 5) is 38.2. The molecule has 3 heterocycles. The standard InChI is InChI=1S/C22H17F3N6O3S2/c1-10(32)27-21-29-14(7-16(36)30-21)19(33)31-18-17(12-4-2-3-5-13(12)28-18)11-6-15(35)20(26-8-11)34-9-22(23,24)25/h2-8,28,35H,9H2,1H3,(H,31,33)(H2,27,29,30,32,36). The van der Waals surface area contributed by atoms with E-state index in [-0.39, 0.29) is 32.9 Å². The number of aromatic amines is 2. The van der Waals surface area contributed by atoms with Gasteiger partial charge >= 0.3 is 6.18 Å². The number of benzene rings is 1. The molecule has 186 valence electrons. The van der Waals surface area contributed by atoms with E-state index in [4.69, 9.17) is 17.0 Å². The summed E-state index contributed by atoms with van der Waals surface area (Å²) < 4.78 is 42.4. The minimum absolute atomic E-state index is 0.00961. The molecule has 0 saturated heterocycles. The van der Waals surface area contributed by atoms with Crippen LogP contribution in [0.5, 0.6) is 5.88 Å². The number of H-pyrrole nitrogens is 2. The second kappa shape index (κ2) is 9.99. The summed E-state index contributed by atoms with van der Waals surface area (Å²) in [7, 11) is 0. The molecule has 0 saturated carbocycles. The van der Waals surface area contributed by atoms with E-state index < -0.39 is 24.6 Å². The molecule has 0 aliphatic heterocycles. The second-order valence-corrected chi connectivity index (χ2v) is 8.39. The maximum Gasteiger partial charge on any atom is 0.422 e. The van der Waals surface area contributed by atoms with E-state index in [9.17, 15) is 22.8 Å². The smallest absolute Gasteiger partial charge is 0.422 e. The van der Waals surface area contributed by atoms with E-state index in [2.05, 4.69) is 43.2 Å². The summed E-state index contributed by atoms with van der Waals surface area (Å²) in [6, 6.07) is 10.0.